The maximum absolute atomic E-state index is 6.19. The molecular formula is C17H28IN3O2. The van der Waals surface area contributed by atoms with Crippen molar-refractivity contribution in [3.63, 3.8) is 0 Å². The molecule has 1 saturated carbocycles. The summed E-state index contributed by atoms with van der Waals surface area (Å²) < 4.78 is 11.6. The molecule has 0 aromatic heterocycles. The van der Waals surface area contributed by atoms with Crippen LogP contribution < -0.4 is 20.5 Å². The van der Waals surface area contributed by atoms with Gasteiger partial charge in [-0.05, 0) is 45.6 Å². The molecule has 1 aliphatic rings. The molecule has 130 valence electrons. The van der Waals surface area contributed by atoms with E-state index in [9.17, 15) is 0 Å². The molecule has 0 spiro atoms. The van der Waals surface area contributed by atoms with Gasteiger partial charge < -0.3 is 20.5 Å². The van der Waals surface area contributed by atoms with Gasteiger partial charge in [0, 0.05) is 11.6 Å². The molecule has 5 nitrogen and oxygen atoms in total. The first-order chi connectivity index (χ1) is 10.6. The Hall–Kier alpha value is -1.18. The van der Waals surface area contributed by atoms with Gasteiger partial charge in [0.15, 0.2) is 17.5 Å². The minimum Gasteiger partial charge on any atom is -0.493 e. The molecule has 0 unspecified atom stereocenters. The van der Waals surface area contributed by atoms with E-state index < -0.39 is 0 Å². The van der Waals surface area contributed by atoms with Gasteiger partial charge >= 0.3 is 0 Å². The highest BCUT2D eigenvalue weighted by atomic mass is 127. The lowest BCUT2D eigenvalue weighted by Gasteiger charge is -2.18. The van der Waals surface area contributed by atoms with Gasteiger partial charge in [0.05, 0.1) is 19.8 Å². The highest BCUT2D eigenvalue weighted by Gasteiger charge is 2.20. The summed E-state index contributed by atoms with van der Waals surface area (Å²) in [5, 5.41) is 3.09. The number of nitrogens with zero attached hydrogens (tertiary/aromatic N) is 1. The third kappa shape index (κ3) is 6.08. The Kier molecular flexibility index (Phi) is 8.51. The van der Waals surface area contributed by atoms with Gasteiger partial charge in [0.1, 0.15) is 0 Å². The first-order valence-corrected chi connectivity index (χ1v) is 7.99. The van der Waals surface area contributed by atoms with Crippen LogP contribution in [0.5, 0.6) is 11.5 Å². The molecule has 3 N–H and O–H groups in total. The fraction of sp³-hybridized carbons (Fsp3) is 0.588. The van der Waals surface area contributed by atoms with Gasteiger partial charge in [0.25, 0.3) is 0 Å². The Balaban J connectivity index is 0.00000264. The number of nitrogens with two attached hydrogens (primary N) is 1. The number of rotatable bonds is 6. The van der Waals surface area contributed by atoms with Crippen molar-refractivity contribution >= 4 is 29.9 Å². The SMILES string of the molecule is COc1cccc(CN=C(N)NC(C)C)c1OC1CCCC1.I. The van der Waals surface area contributed by atoms with E-state index >= 15 is 0 Å². The monoisotopic (exact) mass is 433 g/mol. The average molecular weight is 433 g/mol. The molecule has 0 bridgehead atoms. The molecule has 0 atom stereocenters. The van der Waals surface area contributed by atoms with Crippen molar-refractivity contribution in [2.24, 2.45) is 10.7 Å². The highest BCUT2D eigenvalue weighted by molar-refractivity contribution is 14.0. The molecule has 1 aliphatic carbocycles. The Morgan fingerprint density at radius 1 is 1.35 bits per heavy atom. The highest BCUT2D eigenvalue weighted by Crippen LogP contribution is 2.35. The van der Waals surface area contributed by atoms with E-state index in [1.165, 1.54) is 12.8 Å². The fourth-order valence-corrected chi connectivity index (χ4v) is 2.66. The van der Waals surface area contributed by atoms with E-state index in [1.54, 1.807) is 7.11 Å². The van der Waals surface area contributed by atoms with Crippen molar-refractivity contribution in [3.8, 4) is 11.5 Å². The van der Waals surface area contributed by atoms with Crippen molar-refractivity contribution in [1.29, 1.82) is 0 Å². The van der Waals surface area contributed by atoms with E-state index in [1.807, 2.05) is 32.0 Å². The summed E-state index contributed by atoms with van der Waals surface area (Å²) in [6.45, 7) is 4.54. The molecule has 0 radical (unpaired) electrons. The summed E-state index contributed by atoms with van der Waals surface area (Å²) in [6, 6.07) is 6.16. The van der Waals surface area contributed by atoms with Crippen LogP contribution in [0.2, 0.25) is 0 Å². The summed E-state index contributed by atoms with van der Waals surface area (Å²) >= 11 is 0. The van der Waals surface area contributed by atoms with Crippen LogP contribution in [0.1, 0.15) is 45.1 Å². The fourth-order valence-electron chi connectivity index (χ4n) is 2.66. The molecule has 1 aromatic rings. The standard InChI is InChI=1S/C17H27N3O2.HI/c1-12(2)20-17(18)19-11-13-7-6-10-15(21-3)16(13)22-14-8-4-5-9-14;/h6-7,10,12,14H,4-5,8-9,11H2,1-3H3,(H3,18,19,20);1H. The number of halogens is 1. The van der Waals surface area contributed by atoms with Crippen LogP contribution in [0.3, 0.4) is 0 Å². The number of aliphatic imine (C=N–C) groups is 1. The summed E-state index contributed by atoms with van der Waals surface area (Å²) in [6.07, 6.45) is 4.97. The summed E-state index contributed by atoms with van der Waals surface area (Å²) in [4.78, 5) is 4.39. The molecular weight excluding hydrogens is 405 g/mol. The predicted octanol–water partition coefficient (Wildman–Crippen LogP) is 3.45. The normalized spacial score (nSPS) is 15.4. The molecule has 6 heteroatoms. The number of ether oxygens (including phenoxy) is 2. The minimum atomic E-state index is 0. The van der Waals surface area contributed by atoms with E-state index in [0.717, 1.165) is 29.9 Å². The zero-order valence-corrected chi connectivity index (χ0v) is 16.5. The van der Waals surface area contributed by atoms with Gasteiger partial charge in [-0.3, -0.25) is 0 Å². The lowest BCUT2D eigenvalue weighted by atomic mass is 10.1. The number of nitrogens with one attached hydrogen (secondary N) is 1. The summed E-state index contributed by atoms with van der Waals surface area (Å²) in [7, 11) is 1.67. The number of para-hydroxylation sites is 1. The maximum atomic E-state index is 6.19. The molecule has 0 saturated heterocycles. The third-order valence-corrected chi connectivity index (χ3v) is 3.72. The zero-order valence-electron chi connectivity index (χ0n) is 14.2. The zero-order chi connectivity index (χ0) is 15.9. The van der Waals surface area contributed by atoms with E-state index in [4.69, 9.17) is 15.2 Å². The maximum Gasteiger partial charge on any atom is 0.189 e. The lowest BCUT2D eigenvalue weighted by molar-refractivity contribution is 0.198. The van der Waals surface area contributed by atoms with Crippen LogP contribution in [0.4, 0.5) is 0 Å². The molecule has 0 amide bonds. The third-order valence-electron chi connectivity index (χ3n) is 3.72. The minimum absolute atomic E-state index is 0. The van der Waals surface area contributed by atoms with Gasteiger partial charge in [-0.2, -0.15) is 0 Å². The first kappa shape index (κ1) is 19.9. The van der Waals surface area contributed by atoms with Gasteiger partial charge in [-0.1, -0.05) is 12.1 Å². The summed E-state index contributed by atoms with van der Waals surface area (Å²) in [5.74, 6) is 2.01. The summed E-state index contributed by atoms with van der Waals surface area (Å²) in [5.41, 5.74) is 6.87. The second kappa shape index (κ2) is 9.85. The smallest absolute Gasteiger partial charge is 0.189 e. The van der Waals surface area contributed by atoms with Crippen molar-refractivity contribution in [2.75, 3.05) is 7.11 Å². The van der Waals surface area contributed by atoms with Crippen LogP contribution >= 0.6 is 24.0 Å². The lowest BCUT2D eigenvalue weighted by Crippen LogP contribution is -2.36. The quantitative estimate of drug-likeness (QED) is 0.410. The predicted molar refractivity (Wildman–Crippen MR) is 105 cm³/mol. The molecule has 1 aromatic carbocycles. The van der Waals surface area contributed by atoms with E-state index in [2.05, 4.69) is 10.3 Å². The second-order valence-electron chi connectivity index (χ2n) is 5.97. The van der Waals surface area contributed by atoms with Crippen LogP contribution in [0.25, 0.3) is 0 Å². The van der Waals surface area contributed by atoms with Crippen LogP contribution in [0, 0.1) is 0 Å². The largest absolute Gasteiger partial charge is 0.493 e. The van der Waals surface area contributed by atoms with E-state index in [-0.39, 0.29) is 36.1 Å². The topological polar surface area (TPSA) is 68.9 Å². The van der Waals surface area contributed by atoms with Gasteiger partial charge in [-0.25, -0.2) is 4.99 Å². The molecule has 0 aliphatic heterocycles. The van der Waals surface area contributed by atoms with E-state index in [0.29, 0.717) is 12.5 Å². The van der Waals surface area contributed by atoms with Crippen molar-refractivity contribution in [2.45, 2.75) is 58.2 Å². The van der Waals surface area contributed by atoms with Crippen LogP contribution in [-0.4, -0.2) is 25.2 Å². The number of hydrogen-bond donors (Lipinski definition) is 2. The number of guanidine groups is 1. The Labute approximate surface area is 156 Å². The molecule has 2 rings (SSSR count). The van der Waals surface area contributed by atoms with Crippen molar-refractivity contribution < 1.29 is 9.47 Å². The average Bonchev–Trinajstić information content (AvgIpc) is 2.98. The molecule has 23 heavy (non-hydrogen) atoms. The number of benzene rings is 1. The van der Waals surface area contributed by atoms with Gasteiger partial charge in [0.2, 0.25) is 0 Å². The Morgan fingerprint density at radius 2 is 2.04 bits per heavy atom. The molecule has 1 fully saturated rings. The number of hydrogen-bond acceptors (Lipinski definition) is 3. The first-order valence-electron chi connectivity index (χ1n) is 7.99. The molecule has 0 heterocycles. The second-order valence-corrected chi connectivity index (χ2v) is 5.97. The number of methoxy groups -OCH3 is 1. The van der Waals surface area contributed by atoms with Crippen LogP contribution in [-0.2, 0) is 6.54 Å². The Bertz CT molecular complexity index is 515. The Morgan fingerprint density at radius 3 is 2.65 bits per heavy atom. The van der Waals surface area contributed by atoms with Gasteiger partial charge in [-0.15, -0.1) is 24.0 Å². The van der Waals surface area contributed by atoms with Crippen molar-refractivity contribution in [3.05, 3.63) is 23.8 Å². The van der Waals surface area contributed by atoms with Crippen molar-refractivity contribution in [1.82, 2.24) is 5.32 Å². The van der Waals surface area contributed by atoms with Crippen LogP contribution in [0.15, 0.2) is 23.2 Å².